The largest absolute Gasteiger partial charge is 0.399 e. The highest BCUT2D eigenvalue weighted by atomic mass is 16.1. The molecule has 3 rings (SSSR count). The summed E-state index contributed by atoms with van der Waals surface area (Å²) in [6, 6.07) is 16.4. The Bertz CT molecular complexity index is 778. The first-order chi connectivity index (χ1) is 9.74. The van der Waals surface area contributed by atoms with Crippen molar-refractivity contribution < 1.29 is 4.79 Å². The fourth-order valence-corrected chi connectivity index (χ4v) is 2.10. The Morgan fingerprint density at radius 3 is 2.70 bits per heavy atom. The van der Waals surface area contributed by atoms with Crippen LogP contribution in [-0.2, 0) is 0 Å². The number of carbonyl (C=O) groups excluding carboxylic acids is 1. The number of nitrogens with zero attached hydrogens (tertiary/aromatic N) is 1. The highest BCUT2D eigenvalue weighted by Crippen LogP contribution is 2.18. The van der Waals surface area contributed by atoms with Gasteiger partial charge >= 0.3 is 0 Å². The van der Waals surface area contributed by atoms with Crippen LogP contribution >= 0.6 is 0 Å². The van der Waals surface area contributed by atoms with E-state index in [1.807, 2.05) is 24.3 Å². The number of fused-ring (bicyclic) bond motifs is 1. The fraction of sp³-hybridized carbons (Fsp3) is 0. The van der Waals surface area contributed by atoms with Crippen molar-refractivity contribution in [3.63, 3.8) is 0 Å². The predicted octanol–water partition coefficient (Wildman–Crippen LogP) is 3.07. The SMILES string of the molecule is Nc1cccc(NC(=O)c2cccc3cccnc23)c1. The molecule has 0 fully saturated rings. The van der Waals surface area contributed by atoms with Crippen LogP contribution in [0.15, 0.2) is 60.8 Å². The summed E-state index contributed by atoms with van der Waals surface area (Å²) in [6.45, 7) is 0. The molecule has 0 unspecified atom stereocenters. The van der Waals surface area contributed by atoms with Gasteiger partial charge in [-0.3, -0.25) is 9.78 Å². The second-order valence-corrected chi connectivity index (χ2v) is 4.46. The molecule has 4 nitrogen and oxygen atoms in total. The third kappa shape index (κ3) is 2.31. The first-order valence-corrected chi connectivity index (χ1v) is 6.25. The normalized spacial score (nSPS) is 10.4. The second-order valence-electron chi connectivity index (χ2n) is 4.46. The van der Waals surface area contributed by atoms with Gasteiger partial charge in [-0.1, -0.05) is 24.3 Å². The maximum atomic E-state index is 12.3. The molecule has 0 aliphatic rings. The molecule has 4 heteroatoms. The number of anilines is 2. The summed E-state index contributed by atoms with van der Waals surface area (Å²) >= 11 is 0. The number of rotatable bonds is 2. The Balaban J connectivity index is 1.97. The van der Waals surface area contributed by atoms with Gasteiger partial charge in [0.15, 0.2) is 0 Å². The average Bonchev–Trinajstić information content (AvgIpc) is 2.46. The minimum Gasteiger partial charge on any atom is -0.399 e. The standard InChI is InChI=1S/C16H13N3O/c17-12-6-2-7-13(10-12)19-16(20)14-8-1-4-11-5-3-9-18-15(11)14/h1-10H,17H2,(H,19,20). The van der Waals surface area contributed by atoms with Crippen LogP contribution in [0.2, 0.25) is 0 Å². The molecule has 98 valence electrons. The van der Waals surface area contributed by atoms with E-state index in [-0.39, 0.29) is 5.91 Å². The maximum Gasteiger partial charge on any atom is 0.257 e. The summed E-state index contributed by atoms with van der Waals surface area (Å²) in [7, 11) is 0. The number of pyridine rings is 1. The van der Waals surface area contributed by atoms with Crippen LogP contribution in [0, 0.1) is 0 Å². The molecule has 0 bridgehead atoms. The van der Waals surface area contributed by atoms with Gasteiger partial charge in [-0.2, -0.15) is 0 Å². The number of benzene rings is 2. The zero-order chi connectivity index (χ0) is 13.9. The Labute approximate surface area is 116 Å². The number of nitrogens with two attached hydrogens (primary N) is 1. The van der Waals surface area contributed by atoms with E-state index >= 15 is 0 Å². The molecule has 0 aliphatic carbocycles. The predicted molar refractivity (Wildman–Crippen MR) is 80.6 cm³/mol. The fourth-order valence-electron chi connectivity index (χ4n) is 2.10. The average molecular weight is 263 g/mol. The number of nitrogens with one attached hydrogen (secondary N) is 1. The van der Waals surface area contributed by atoms with Gasteiger partial charge in [-0.15, -0.1) is 0 Å². The van der Waals surface area contributed by atoms with E-state index in [0.29, 0.717) is 22.5 Å². The molecule has 2 aromatic carbocycles. The van der Waals surface area contributed by atoms with Crippen LogP contribution in [0.3, 0.4) is 0 Å². The van der Waals surface area contributed by atoms with E-state index in [1.165, 1.54) is 0 Å². The lowest BCUT2D eigenvalue weighted by Crippen LogP contribution is -2.12. The number of para-hydroxylation sites is 1. The van der Waals surface area contributed by atoms with Gasteiger partial charge in [0.25, 0.3) is 5.91 Å². The summed E-state index contributed by atoms with van der Waals surface area (Å²) in [5, 5.41) is 3.77. The first-order valence-electron chi connectivity index (χ1n) is 6.25. The summed E-state index contributed by atoms with van der Waals surface area (Å²) in [4.78, 5) is 16.6. The highest BCUT2D eigenvalue weighted by molar-refractivity contribution is 6.11. The van der Waals surface area contributed by atoms with Gasteiger partial charge in [0, 0.05) is 23.0 Å². The third-order valence-electron chi connectivity index (χ3n) is 3.02. The minimum atomic E-state index is -0.195. The number of carbonyl (C=O) groups is 1. The van der Waals surface area contributed by atoms with Gasteiger partial charge in [0.2, 0.25) is 0 Å². The third-order valence-corrected chi connectivity index (χ3v) is 3.02. The molecule has 20 heavy (non-hydrogen) atoms. The van der Waals surface area contributed by atoms with Crippen molar-refractivity contribution in [1.82, 2.24) is 4.98 Å². The summed E-state index contributed by atoms with van der Waals surface area (Å²) in [5.41, 5.74) is 8.22. The number of aromatic nitrogens is 1. The van der Waals surface area contributed by atoms with Crippen molar-refractivity contribution in [2.75, 3.05) is 11.1 Å². The molecule has 0 saturated heterocycles. The van der Waals surface area contributed by atoms with Crippen LogP contribution < -0.4 is 11.1 Å². The summed E-state index contributed by atoms with van der Waals surface area (Å²) in [5.74, 6) is -0.195. The first kappa shape index (κ1) is 12.2. The van der Waals surface area contributed by atoms with Crippen molar-refractivity contribution in [1.29, 1.82) is 0 Å². The molecule has 0 atom stereocenters. The van der Waals surface area contributed by atoms with E-state index in [4.69, 9.17) is 5.73 Å². The van der Waals surface area contributed by atoms with Crippen LogP contribution in [0.1, 0.15) is 10.4 Å². The van der Waals surface area contributed by atoms with Crippen molar-refractivity contribution in [3.05, 3.63) is 66.4 Å². The second kappa shape index (κ2) is 5.01. The molecular formula is C16H13N3O. The van der Waals surface area contributed by atoms with E-state index in [9.17, 15) is 4.79 Å². The topological polar surface area (TPSA) is 68.0 Å². The minimum absolute atomic E-state index is 0.195. The van der Waals surface area contributed by atoms with Gasteiger partial charge in [-0.05, 0) is 30.3 Å². The lowest BCUT2D eigenvalue weighted by molar-refractivity contribution is 0.102. The molecule has 0 aliphatic heterocycles. The Kier molecular flexibility index (Phi) is 3.05. The van der Waals surface area contributed by atoms with Gasteiger partial charge < -0.3 is 11.1 Å². The Morgan fingerprint density at radius 2 is 1.85 bits per heavy atom. The molecular weight excluding hydrogens is 250 g/mol. The molecule has 0 saturated carbocycles. The van der Waals surface area contributed by atoms with E-state index in [1.54, 1.807) is 36.5 Å². The Hall–Kier alpha value is -2.88. The smallest absolute Gasteiger partial charge is 0.257 e. The van der Waals surface area contributed by atoms with E-state index in [2.05, 4.69) is 10.3 Å². The number of nitrogen functional groups attached to an aromatic ring is 1. The van der Waals surface area contributed by atoms with Crippen molar-refractivity contribution >= 4 is 28.2 Å². The zero-order valence-corrected chi connectivity index (χ0v) is 10.7. The lowest BCUT2D eigenvalue weighted by Gasteiger charge is -2.07. The van der Waals surface area contributed by atoms with Gasteiger partial charge in [0.05, 0.1) is 11.1 Å². The molecule has 0 spiro atoms. The van der Waals surface area contributed by atoms with E-state index in [0.717, 1.165) is 5.39 Å². The van der Waals surface area contributed by atoms with Gasteiger partial charge in [-0.25, -0.2) is 0 Å². The number of hydrogen-bond donors (Lipinski definition) is 2. The van der Waals surface area contributed by atoms with Crippen LogP contribution in [-0.4, -0.2) is 10.9 Å². The van der Waals surface area contributed by atoms with Crippen LogP contribution in [0.4, 0.5) is 11.4 Å². The van der Waals surface area contributed by atoms with Crippen molar-refractivity contribution in [2.45, 2.75) is 0 Å². The highest BCUT2D eigenvalue weighted by Gasteiger charge is 2.10. The number of amides is 1. The quantitative estimate of drug-likeness (QED) is 0.698. The molecule has 3 N–H and O–H groups in total. The van der Waals surface area contributed by atoms with Crippen LogP contribution in [0.25, 0.3) is 10.9 Å². The zero-order valence-electron chi connectivity index (χ0n) is 10.7. The van der Waals surface area contributed by atoms with Crippen molar-refractivity contribution in [3.8, 4) is 0 Å². The molecule has 1 aromatic heterocycles. The number of hydrogen-bond acceptors (Lipinski definition) is 3. The van der Waals surface area contributed by atoms with Gasteiger partial charge in [0.1, 0.15) is 0 Å². The lowest BCUT2D eigenvalue weighted by atomic mass is 10.1. The van der Waals surface area contributed by atoms with Crippen molar-refractivity contribution in [2.24, 2.45) is 0 Å². The molecule has 3 aromatic rings. The molecule has 0 radical (unpaired) electrons. The maximum absolute atomic E-state index is 12.3. The molecule has 1 amide bonds. The molecule has 1 heterocycles. The van der Waals surface area contributed by atoms with Crippen LogP contribution in [0.5, 0.6) is 0 Å². The summed E-state index contributed by atoms with van der Waals surface area (Å²) in [6.07, 6.45) is 1.68. The summed E-state index contributed by atoms with van der Waals surface area (Å²) < 4.78 is 0. The monoisotopic (exact) mass is 263 g/mol. The van der Waals surface area contributed by atoms with E-state index < -0.39 is 0 Å². The Morgan fingerprint density at radius 1 is 1.05 bits per heavy atom.